The van der Waals surface area contributed by atoms with Gasteiger partial charge in [0.1, 0.15) is 0 Å². The van der Waals surface area contributed by atoms with Crippen molar-refractivity contribution in [3.05, 3.63) is 39.9 Å². The minimum Gasteiger partial charge on any atom is -0.258 e. The van der Waals surface area contributed by atoms with E-state index in [0.717, 1.165) is 5.56 Å². The number of non-ortho nitro benzene ring substituents is 1. The highest BCUT2D eigenvalue weighted by Gasteiger charge is 2.02. The smallest absolute Gasteiger partial charge is 0.258 e. The van der Waals surface area contributed by atoms with Gasteiger partial charge in [-0.25, -0.2) is 0 Å². The Morgan fingerprint density at radius 1 is 1.70 bits per heavy atom. The molecule has 1 aromatic rings. The number of nitrogens with zero attached hydrogens (tertiary/aromatic N) is 1. The Morgan fingerprint density at radius 2 is 2.40 bits per heavy atom. The van der Waals surface area contributed by atoms with Crippen molar-refractivity contribution in [1.82, 2.24) is 0 Å². The van der Waals surface area contributed by atoms with Crippen molar-refractivity contribution < 1.29 is 4.92 Å². The number of nitro groups is 1. The first-order chi connectivity index (χ1) is 4.70. The Morgan fingerprint density at radius 3 is 2.80 bits per heavy atom. The highest BCUT2D eigenvalue weighted by Crippen LogP contribution is 2.10. The highest BCUT2D eigenvalue weighted by atomic mass is 16.6. The standard InChI is InChI=1S/C7H6NO2/c1-6-3-2-4-7(5-6)8(9)10/h2-3,5H,1H3. The van der Waals surface area contributed by atoms with Crippen molar-refractivity contribution in [3.63, 3.8) is 0 Å². The third kappa shape index (κ3) is 1.31. The molecule has 0 unspecified atom stereocenters. The summed E-state index contributed by atoms with van der Waals surface area (Å²) in [5.41, 5.74) is 0.908. The van der Waals surface area contributed by atoms with Crippen LogP contribution < -0.4 is 0 Å². The van der Waals surface area contributed by atoms with E-state index in [9.17, 15) is 10.1 Å². The number of hydrogen-bond acceptors (Lipinski definition) is 2. The molecule has 0 bridgehead atoms. The summed E-state index contributed by atoms with van der Waals surface area (Å²) < 4.78 is 0. The third-order valence-electron chi connectivity index (χ3n) is 1.14. The first-order valence-electron chi connectivity index (χ1n) is 2.83. The summed E-state index contributed by atoms with van der Waals surface area (Å²) in [6.45, 7) is 1.81. The molecule has 0 aromatic heterocycles. The summed E-state index contributed by atoms with van der Waals surface area (Å²) in [5, 5.41) is 10.1. The fourth-order valence-corrected chi connectivity index (χ4v) is 0.669. The van der Waals surface area contributed by atoms with Gasteiger partial charge in [0.05, 0.1) is 11.0 Å². The lowest BCUT2D eigenvalue weighted by molar-refractivity contribution is -0.385. The Balaban J connectivity index is 3.07. The number of hydrogen-bond donors (Lipinski definition) is 0. The van der Waals surface area contributed by atoms with Gasteiger partial charge < -0.3 is 0 Å². The van der Waals surface area contributed by atoms with E-state index in [4.69, 9.17) is 0 Å². The van der Waals surface area contributed by atoms with Crippen molar-refractivity contribution in [1.29, 1.82) is 0 Å². The lowest BCUT2D eigenvalue weighted by Gasteiger charge is -1.89. The van der Waals surface area contributed by atoms with Crippen LogP contribution in [0.3, 0.4) is 0 Å². The van der Waals surface area contributed by atoms with Gasteiger partial charge in [-0.05, 0) is 18.6 Å². The fourth-order valence-electron chi connectivity index (χ4n) is 0.669. The molecule has 0 aliphatic heterocycles. The monoisotopic (exact) mass is 136 g/mol. The molecular weight excluding hydrogens is 130 g/mol. The van der Waals surface area contributed by atoms with Gasteiger partial charge in [0, 0.05) is 6.07 Å². The zero-order chi connectivity index (χ0) is 7.56. The van der Waals surface area contributed by atoms with Gasteiger partial charge in [0.15, 0.2) is 0 Å². The molecule has 3 nitrogen and oxygen atoms in total. The molecule has 0 spiro atoms. The average Bonchev–Trinajstić information content (AvgIpc) is 1.88. The van der Waals surface area contributed by atoms with Crippen LogP contribution >= 0.6 is 0 Å². The van der Waals surface area contributed by atoms with E-state index in [1.54, 1.807) is 19.1 Å². The molecule has 51 valence electrons. The minimum absolute atomic E-state index is 0.0278. The van der Waals surface area contributed by atoms with Crippen LogP contribution in [-0.2, 0) is 0 Å². The Labute approximate surface area is 58.4 Å². The molecule has 1 rings (SSSR count). The lowest BCUT2D eigenvalue weighted by Crippen LogP contribution is -1.87. The van der Waals surface area contributed by atoms with Gasteiger partial charge >= 0.3 is 0 Å². The zero-order valence-corrected chi connectivity index (χ0v) is 5.50. The summed E-state index contributed by atoms with van der Waals surface area (Å²) >= 11 is 0. The zero-order valence-electron chi connectivity index (χ0n) is 5.50. The molecule has 0 saturated carbocycles. The Hall–Kier alpha value is -1.38. The normalized spacial score (nSPS) is 9.30. The van der Waals surface area contributed by atoms with Crippen LogP contribution in [0.4, 0.5) is 5.69 Å². The Kier molecular flexibility index (Phi) is 1.67. The van der Waals surface area contributed by atoms with E-state index in [1.807, 2.05) is 0 Å². The summed E-state index contributed by atoms with van der Waals surface area (Å²) in [6, 6.07) is 7.32. The van der Waals surface area contributed by atoms with Crippen LogP contribution in [-0.4, -0.2) is 4.92 Å². The fraction of sp³-hybridized carbons (Fsp3) is 0.143. The topological polar surface area (TPSA) is 43.1 Å². The summed E-state index contributed by atoms with van der Waals surface area (Å²) in [5.74, 6) is 0. The van der Waals surface area contributed by atoms with Crippen LogP contribution in [0.5, 0.6) is 0 Å². The van der Waals surface area contributed by atoms with E-state index in [0.29, 0.717) is 0 Å². The summed E-state index contributed by atoms with van der Waals surface area (Å²) in [4.78, 5) is 9.68. The molecule has 0 fully saturated rings. The van der Waals surface area contributed by atoms with E-state index in [-0.39, 0.29) is 5.69 Å². The molecule has 0 aliphatic carbocycles. The van der Waals surface area contributed by atoms with Gasteiger partial charge in [-0.1, -0.05) is 6.07 Å². The molecule has 1 radical (unpaired) electrons. The largest absolute Gasteiger partial charge is 0.277 e. The first kappa shape index (κ1) is 6.74. The predicted octanol–water partition coefficient (Wildman–Crippen LogP) is 1.70. The second-order valence-corrected chi connectivity index (χ2v) is 2.01. The second-order valence-electron chi connectivity index (χ2n) is 2.01. The molecular formula is C7H6NO2. The molecule has 0 amide bonds. The molecule has 0 aliphatic rings. The van der Waals surface area contributed by atoms with Crippen LogP contribution in [0, 0.1) is 23.1 Å². The number of rotatable bonds is 1. The molecule has 3 heteroatoms. The van der Waals surface area contributed by atoms with Gasteiger partial charge in [-0.3, -0.25) is 10.1 Å². The number of nitro benzene ring substituents is 1. The van der Waals surface area contributed by atoms with Crippen molar-refractivity contribution in [3.8, 4) is 0 Å². The number of benzene rings is 1. The Bertz CT molecular complexity index is 258. The second kappa shape index (κ2) is 2.47. The van der Waals surface area contributed by atoms with Crippen molar-refractivity contribution >= 4 is 5.69 Å². The van der Waals surface area contributed by atoms with Crippen LogP contribution in [0.25, 0.3) is 0 Å². The molecule has 1 aromatic carbocycles. The molecule has 0 saturated heterocycles. The first-order valence-corrected chi connectivity index (χ1v) is 2.83. The maximum Gasteiger partial charge on any atom is 0.277 e. The van der Waals surface area contributed by atoms with Gasteiger partial charge in [0.2, 0.25) is 0 Å². The maximum atomic E-state index is 10.1. The van der Waals surface area contributed by atoms with Crippen molar-refractivity contribution in [2.75, 3.05) is 0 Å². The number of aryl methyl sites for hydroxylation is 1. The highest BCUT2D eigenvalue weighted by molar-refractivity contribution is 5.31. The van der Waals surface area contributed by atoms with Gasteiger partial charge in [0.25, 0.3) is 5.69 Å². The van der Waals surface area contributed by atoms with Crippen LogP contribution in [0.2, 0.25) is 0 Å². The third-order valence-corrected chi connectivity index (χ3v) is 1.14. The van der Waals surface area contributed by atoms with Gasteiger partial charge in [-0.15, -0.1) is 0 Å². The van der Waals surface area contributed by atoms with E-state index < -0.39 is 4.92 Å². The predicted molar refractivity (Wildman–Crippen MR) is 36.7 cm³/mol. The molecule has 0 N–H and O–H groups in total. The SMILES string of the molecule is Cc1cc[c]c([N+](=O)[O-])c1. The van der Waals surface area contributed by atoms with Crippen molar-refractivity contribution in [2.45, 2.75) is 6.92 Å². The minimum atomic E-state index is -0.451. The van der Waals surface area contributed by atoms with E-state index >= 15 is 0 Å². The van der Waals surface area contributed by atoms with Gasteiger partial charge in [-0.2, -0.15) is 0 Å². The summed E-state index contributed by atoms with van der Waals surface area (Å²) in [7, 11) is 0. The quantitative estimate of drug-likeness (QED) is 0.435. The van der Waals surface area contributed by atoms with Crippen LogP contribution in [0.1, 0.15) is 5.56 Å². The molecule has 0 atom stereocenters. The average molecular weight is 136 g/mol. The maximum absolute atomic E-state index is 10.1. The summed E-state index contributed by atoms with van der Waals surface area (Å²) in [6.07, 6.45) is 0. The molecule has 10 heavy (non-hydrogen) atoms. The van der Waals surface area contributed by atoms with Crippen molar-refractivity contribution in [2.24, 2.45) is 0 Å². The van der Waals surface area contributed by atoms with Crippen LogP contribution in [0.15, 0.2) is 18.2 Å². The van der Waals surface area contributed by atoms with E-state index in [1.165, 1.54) is 6.07 Å². The lowest BCUT2D eigenvalue weighted by atomic mass is 10.2. The van der Waals surface area contributed by atoms with E-state index in [2.05, 4.69) is 6.07 Å². The molecule has 0 heterocycles.